The van der Waals surface area contributed by atoms with E-state index in [-0.39, 0.29) is 24.7 Å². The molecule has 1 aromatic carbocycles. The van der Waals surface area contributed by atoms with Gasteiger partial charge < -0.3 is 19.3 Å². The van der Waals surface area contributed by atoms with E-state index in [1.807, 2.05) is 0 Å². The summed E-state index contributed by atoms with van der Waals surface area (Å²) < 4.78 is 17.3. The predicted molar refractivity (Wildman–Crippen MR) is 107 cm³/mol. The number of benzene rings is 1. The zero-order valence-electron chi connectivity index (χ0n) is 17.1. The number of phenolic OH excluding ortho intramolecular Hbond substituents is 1. The molecule has 0 unspecified atom stereocenters. The van der Waals surface area contributed by atoms with Crippen LogP contribution in [0.3, 0.4) is 0 Å². The molecule has 3 rings (SSSR count). The summed E-state index contributed by atoms with van der Waals surface area (Å²) in [5, 5.41) is 11.5. The van der Waals surface area contributed by atoms with Crippen molar-refractivity contribution in [1.82, 2.24) is 9.55 Å². The molecule has 0 amide bonds. The fourth-order valence-corrected chi connectivity index (χ4v) is 3.25. The lowest BCUT2D eigenvalue weighted by molar-refractivity contribution is 0.0513. The van der Waals surface area contributed by atoms with Crippen molar-refractivity contribution in [2.45, 2.75) is 39.9 Å². The molecule has 2 aromatic heterocycles. The first-order valence-electron chi connectivity index (χ1n) is 9.23. The Morgan fingerprint density at radius 3 is 2.52 bits per heavy atom. The molecule has 3 aromatic rings. The fourth-order valence-electron chi connectivity index (χ4n) is 3.25. The van der Waals surface area contributed by atoms with E-state index >= 15 is 0 Å². The van der Waals surface area contributed by atoms with Gasteiger partial charge in [0.15, 0.2) is 5.69 Å². The molecule has 0 radical (unpaired) electrons. The lowest BCUT2D eigenvalue weighted by atomic mass is 10.1. The van der Waals surface area contributed by atoms with Crippen molar-refractivity contribution in [2.24, 2.45) is 0 Å². The molecule has 29 heavy (non-hydrogen) atoms. The van der Waals surface area contributed by atoms with Gasteiger partial charge >= 0.3 is 12.1 Å². The first-order chi connectivity index (χ1) is 13.7. The number of fused-ring (bicyclic) bond motifs is 3. The van der Waals surface area contributed by atoms with Crippen LogP contribution in [0.5, 0.6) is 5.75 Å². The molecule has 2 heterocycles. The van der Waals surface area contributed by atoms with Gasteiger partial charge in [0.2, 0.25) is 0 Å². The van der Waals surface area contributed by atoms with Crippen LogP contribution < -0.4 is 0 Å². The van der Waals surface area contributed by atoms with Gasteiger partial charge in [0.25, 0.3) is 0 Å². The minimum absolute atomic E-state index is 0.0341. The highest BCUT2D eigenvalue weighted by Crippen LogP contribution is 2.38. The average Bonchev–Trinajstić information content (AvgIpc) is 2.97. The molecule has 0 spiro atoms. The minimum atomic E-state index is -0.718. The van der Waals surface area contributed by atoms with Crippen LogP contribution in [-0.4, -0.2) is 46.0 Å². The lowest BCUT2D eigenvalue weighted by Crippen LogP contribution is -2.27. The van der Waals surface area contributed by atoms with Crippen LogP contribution in [0.2, 0.25) is 0 Å². The van der Waals surface area contributed by atoms with Crippen molar-refractivity contribution >= 4 is 33.9 Å². The van der Waals surface area contributed by atoms with Crippen molar-refractivity contribution < 1.29 is 28.9 Å². The number of hydrogen-bond donors (Lipinski definition) is 1. The molecule has 0 fully saturated rings. The number of hydrogen-bond acceptors (Lipinski definition) is 7. The summed E-state index contributed by atoms with van der Waals surface area (Å²) in [7, 11) is 1.49. The Balaban J connectivity index is 2.41. The van der Waals surface area contributed by atoms with Gasteiger partial charge in [-0.2, -0.15) is 0 Å². The zero-order chi connectivity index (χ0) is 21.3. The summed E-state index contributed by atoms with van der Waals surface area (Å²) in [6, 6.07) is 4.84. The largest absolute Gasteiger partial charge is 0.507 e. The SMILES string of the molecule is CCOC(=O)c1ncc2c(c1COC)c1c(O)cccc1n2C(=O)OC(C)(C)C. The van der Waals surface area contributed by atoms with E-state index in [2.05, 4.69) is 4.98 Å². The Morgan fingerprint density at radius 1 is 1.17 bits per heavy atom. The Labute approximate surface area is 168 Å². The second-order valence-corrected chi connectivity index (χ2v) is 7.49. The molecular weight excluding hydrogens is 376 g/mol. The van der Waals surface area contributed by atoms with Crippen LogP contribution in [0.1, 0.15) is 43.7 Å². The zero-order valence-corrected chi connectivity index (χ0v) is 17.1. The Hall–Kier alpha value is -3.13. The molecule has 154 valence electrons. The standard InChI is InChI=1S/C21H24N2O6/c1-6-28-19(25)18-12(11-27-5)16-14(10-22-18)23(20(26)29-21(2,3)4)13-8-7-9-15(24)17(13)16/h7-10,24H,6,11H2,1-5H3. The number of pyridine rings is 1. The first kappa shape index (κ1) is 20.6. The fraction of sp³-hybridized carbons (Fsp3) is 0.381. The van der Waals surface area contributed by atoms with Crippen molar-refractivity contribution in [1.29, 1.82) is 0 Å². The van der Waals surface area contributed by atoms with Crippen molar-refractivity contribution in [3.63, 3.8) is 0 Å². The molecule has 0 aliphatic heterocycles. The third kappa shape index (κ3) is 3.75. The van der Waals surface area contributed by atoms with Crippen LogP contribution in [0.4, 0.5) is 4.79 Å². The number of methoxy groups -OCH3 is 1. The number of carbonyl (C=O) groups excluding carboxylic acids is 2. The van der Waals surface area contributed by atoms with Gasteiger partial charge in [0.1, 0.15) is 11.4 Å². The van der Waals surface area contributed by atoms with Crippen molar-refractivity contribution in [2.75, 3.05) is 13.7 Å². The van der Waals surface area contributed by atoms with Gasteiger partial charge in [-0.15, -0.1) is 0 Å². The van der Waals surface area contributed by atoms with Crippen LogP contribution in [0.15, 0.2) is 24.4 Å². The lowest BCUT2D eigenvalue weighted by Gasteiger charge is -2.20. The van der Waals surface area contributed by atoms with E-state index in [1.165, 1.54) is 23.9 Å². The predicted octanol–water partition coefficient (Wildman–Crippen LogP) is 4.00. The number of nitrogens with zero attached hydrogens (tertiary/aromatic N) is 2. The topological polar surface area (TPSA) is 99.9 Å². The normalized spacial score (nSPS) is 11.8. The molecule has 8 heteroatoms. The first-order valence-corrected chi connectivity index (χ1v) is 9.23. The molecule has 0 bridgehead atoms. The second kappa shape index (κ2) is 7.71. The Morgan fingerprint density at radius 2 is 1.90 bits per heavy atom. The highest BCUT2D eigenvalue weighted by Gasteiger charge is 2.27. The van der Waals surface area contributed by atoms with Crippen LogP contribution in [0, 0.1) is 0 Å². The summed E-state index contributed by atoms with van der Waals surface area (Å²) in [4.78, 5) is 29.6. The number of aromatic nitrogens is 2. The highest BCUT2D eigenvalue weighted by atomic mass is 16.6. The number of esters is 1. The summed E-state index contributed by atoms with van der Waals surface area (Å²) in [6.07, 6.45) is 0.793. The maximum absolute atomic E-state index is 13.0. The monoisotopic (exact) mass is 400 g/mol. The summed E-state index contributed by atoms with van der Waals surface area (Å²) in [5.41, 5.74) is 0.625. The summed E-state index contributed by atoms with van der Waals surface area (Å²) >= 11 is 0. The van der Waals surface area contributed by atoms with E-state index in [4.69, 9.17) is 14.2 Å². The number of aromatic hydroxyl groups is 1. The number of rotatable bonds is 4. The Bertz CT molecular complexity index is 1090. The molecule has 1 N–H and O–H groups in total. The van der Waals surface area contributed by atoms with E-state index < -0.39 is 17.7 Å². The van der Waals surface area contributed by atoms with Crippen LogP contribution in [-0.2, 0) is 20.8 Å². The molecule has 0 saturated carbocycles. The van der Waals surface area contributed by atoms with Gasteiger partial charge in [0.05, 0.1) is 35.8 Å². The quantitative estimate of drug-likeness (QED) is 0.661. The van der Waals surface area contributed by atoms with Crippen LogP contribution >= 0.6 is 0 Å². The van der Waals surface area contributed by atoms with Gasteiger partial charge in [-0.3, -0.25) is 0 Å². The van der Waals surface area contributed by atoms with Crippen molar-refractivity contribution in [3.8, 4) is 5.75 Å². The molecule has 0 aliphatic carbocycles. The molecule has 0 saturated heterocycles. The molecule has 0 atom stereocenters. The maximum Gasteiger partial charge on any atom is 0.419 e. The third-order valence-corrected chi connectivity index (χ3v) is 4.25. The van der Waals surface area contributed by atoms with E-state index in [9.17, 15) is 14.7 Å². The van der Waals surface area contributed by atoms with Gasteiger partial charge in [0, 0.05) is 18.1 Å². The molecule has 0 aliphatic rings. The smallest absolute Gasteiger partial charge is 0.419 e. The average molecular weight is 400 g/mol. The van der Waals surface area contributed by atoms with E-state index in [0.29, 0.717) is 27.4 Å². The van der Waals surface area contributed by atoms with Crippen molar-refractivity contribution in [3.05, 3.63) is 35.7 Å². The number of ether oxygens (including phenoxy) is 3. The van der Waals surface area contributed by atoms with Gasteiger partial charge in [-0.1, -0.05) is 6.07 Å². The minimum Gasteiger partial charge on any atom is -0.507 e. The van der Waals surface area contributed by atoms with E-state index in [0.717, 1.165) is 0 Å². The molecular formula is C21H24N2O6. The second-order valence-electron chi connectivity index (χ2n) is 7.49. The summed E-state index contributed by atoms with van der Waals surface area (Å²) in [5.74, 6) is -0.636. The summed E-state index contributed by atoms with van der Waals surface area (Å²) in [6.45, 7) is 7.24. The third-order valence-electron chi connectivity index (χ3n) is 4.25. The highest BCUT2D eigenvalue weighted by molar-refractivity contribution is 6.17. The van der Waals surface area contributed by atoms with E-state index in [1.54, 1.807) is 39.8 Å². The maximum atomic E-state index is 13.0. The number of phenols is 1. The van der Waals surface area contributed by atoms with Gasteiger partial charge in [-0.05, 0) is 39.8 Å². The number of carbonyl (C=O) groups is 2. The van der Waals surface area contributed by atoms with Gasteiger partial charge in [-0.25, -0.2) is 19.1 Å². The Kier molecular flexibility index (Phi) is 5.48. The van der Waals surface area contributed by atoms with Crippen LogP contribution in [0.25, 0.3) is 21.8 Å². The molecule has 8 nitrogen and oxygen atoms in total.